The van der Waals surface area contributed by atoms with Crippen LogP contribution in [0.25, 0.3) is 105 Å². The number of rotatable bonds is 5. The van der Waals surface area contributed by atoms with Crippen molar-refractivity contribution >= 4 is 65.4 Å². The van der Waals surface area contributed by atoms with Crippen LogP contribution in [0, 0.1) is 13.8 Å². The molecule has 3 nitrogen and oxygen atoms in total. The van der Waals surface area contributed by atoms with Gasteiger partial charge in [0, 0.05) is 49.4 Å². The first-order valence-electron chi connectivity index (χ1n) is 20.4. The lowest BCUT2D eigenvalue weighted by Crippen LogP contribution is -1.97. The van der Waals surface area contributed by atoms with Gasteiger partial charge < -0.3 is 13.7 Å². The number of hydrogen-bond acceptors (Lipinski definition) is 0. The second kappa shape index (κ2) is 13.0. The fourth-order valence-corrected chi connectivity index (χ4v) is 9.78. The van der Waals surface area contributed by atoms with Gasteiger partial charge in [-0.15, -0.1) is 0 Å². The molecule has 9 aromatic carbocycles. The van der Waals surface area contributed by atoms with E-state index in [1.807, 2.05) is 0 Å². The monoisotopic (exact) mass is 753 g/mol. The van der Waals surface area contributed by atoms with E-state index in [4.69, 9.17) is 0 Å². The highest BCUT2D eigenvalue weighted by molar-refractivity contribution is 6.14. The maximum Gasteiger partial charge on any atom is 0.0542 e. The number of hydrogen-bond donors (Lipinski definition) is 0. The summed E-state index contributed by atoms with van der Waals surface area (Å²) in [5.41, 5.74) is 18.3. The fraction of sp³-hybridized carbons (Fsp3) is 0.0357. The molecule has 59 heavy (non-hydrogen) atoms. The van der Waals surface area contributed by atoms with E-state index >= 15 is 0 Å². The molecule has 12 rings (SSSR count). The molecule has 0 aliphatic heterocycles. The van der Waals surface area contributed by atoms with Crippen molar-refractivity contribution in [2.45, 2.75) is 13.8 Å². The average Bonchev–Trinajstić information content (AvgIpc) is 3.92. The summed E-state index contributed by atoms with van der Waals surface area (Å²) in [5.74, 6) is 0. The van der Waals surface area contributed by atoms with Crippen LogP contribution >= 0.6 is 0 Å². The number of aryl methyl sites for hydroxylation is 2. The zero-order valence-corrected chi connectivity index (χ0v) is 32.9. The third-order valence-corrected chi connectivity index (χ3v) is 12.5. The molecule has 3 heterocycles. The van der Waals surface area contributed by atoms with E-state index in [2.05, 4.69) is 228 Å². The second-order valence-electron chi connectivity index (χ2n) is 15.9. The highest BCUT2D eigenvalue weighted by Gasteiger charge is 2.19. The molecule has 12 aromatic rings. The van der Waals surface area contributed by atoms with Crippen LogP contribution in [0.3, 0.4) is 0 Å². The Labute approximate surface area is 342 Å². The largest absolute Gasteiger partial charge is 0.309 e. The minimum absolute atomic E-state index is 1.15. The lowest BCUT2D eigenvalue weighted by atomic mass is 9.96. The molecule has 0 aliphatic carbocycles. The number of nitrogens with zero attached hydrogens (tertiary/aromatic N) is 3. The number of para-hydroxylation sites is 4. The van der Waals surface area contributed by atoms with Crippen molar-refractivity contribution in [3.63, 3.8) is 0 Å². The topological polar surface area (TPSA) is 14.8 Å². The Hall–Kier alpha value is -7.62. The van der Waals surface area contributed by atoms with E-state index in [0.717, 1.165) is 5.69 Å². The lowest BCUT2D eigenvalue weighted by molar-refractivity contribution is 1.16. The van der Waals surface area contributed by atoms with E-state index in [1.165, 1.54) is 110 Å². The molecule has 3 aromatic heterocycles. The fourth-order valence-electron chi connectivity index (χ4n) is 9.78. The summed E-state index contributed by atoms with van der Waals surface area (Å²) in [5, 5.41) is 7.50. The summed E-state index contributed by atoms with van der Waals surface area (Å²) in [6, 6.07) is 73.6. The van der Waals surface area contributed by atoms with Crippen LogP contribution in [0.2, 0.25) is 0 Å². The molecule has 0 bridgehead atoms. The van der Waals surface area contributed by atoms with Crippen molar-refractivity contribution in [3.05, 3.63) is 211 Å². The van der Waals surface area contributed by atoms with Gasteiger partial charge in [-0.05, 0) is 132 Å². The Kier molecular flexibility index (Phi) is 7.36. The van der Waals surface area contributed by atoms with Crippen LogP contribution in [-0.2, 0) is 0 Å². The van der Waals surface area contributed by atoms with Crippen LogP contribution < -0.4 is 0 Å². The maximum absolute atomic E-state index is 2.44. The molecule has 0 atom stereocenters. The van der Waals surface area contributed by atoms with Gasteiger partial charge in [0.25, 0.3) is 0 Å². The van der Waals surface area contributed by atoms with Crippen LogP contribution in [0.1, 0.15) is 11.1 Å². The van der Waals surface area contributed by atoms with E-state index < -0.39 is 0 Å². The van der Waals surface area contributed by atoms with Crippen molar-refractivity contribution in [1.29, 1.82) is 0 Å². The molecule has 0 saturated heterocycles. The van der Waals surface area contributed by atoms with Crippen molar-refractivity contribution < 1.29 is 0 Å². The molecule has 0 spiro atoms. The molecule has 0 saturated carbocycles. The van der Waals surface area contributed by atoms with Crippen molar-refractivity contribution in [1.82, 2.24) is 13.7 Å². The molecule has 0 N–H and O–H groups in total. The van der Waals surface area contributed by atoms with Gasteiger partial charge in [0.1, 0.15) is 0 Å². The zero-order valence-electron chi connectivity index (χ0n) is 32.9. The second-order valence-corrected chi connectivity index (χ2v) is 15.9. The third-order valence-electron chi connectivity index (χ3n) is 12.5. The van der Waals surface area contributed by atoms with E-state index in [1.54, 1.807) is 0 Å². The van der Waals surface area contributed by atoms with Crippen LogP contribution in [0.15, 0.2) is 200 Å². The molecule has 3 heteroatoms. The molecule has 0 radical (unpaired) electrons. The Balaban J connectivity index is 1.00. The average molecular weight is 754 g/mol. The summed E-state index contributed by atoms with van der Waals surface area (Å²) >= 11 is 0. The van der Waals surface area contributed by atoms with Gasteiger partial charge in [-0.1, -0.05) is 115 Å². The minimum atomic E-state index is 1.15. The first-order valence-corrected chi connectivity index (χ1v) is 20.4. The van der Waals surface area contributed by atoms with Gasteiger partial charge in [0.2, 0.25) is 0 Å². The van der Waals surface area contributed by atoms with E-state index in [9.17, 15) is 0 Å². The Morgan fingerprint density at radius 1 is 0.254 bits per heavy atom. The molecule has 0 aliphatic rings. The SMILES string of the molecule is Cc1ccccc1-c1ccc(-n2c3ccccc3c3cc(-n4c5ccccc5c5cc(-c6ccc7c(c6)c6ccccc6n7-c6ccccc6)ccc54)ccc32)cc1C. The van der Waals surface area contributed by atoms with Gasteiger partial charge >= 0.3 is 0 Å². The summed E-state index contributed by atoms with van der Waals surface area (Å²) in [6.07, 6.45) is 0. The first kappa shape index (κ1) is 33.5. The number of fused-ring (bicyclic) bond motifs is 9. The molecular weight excluding hydrogens is 715 g/mol. The highest BCUT2D eigenvalue weighted by Crippen LogP contribution is 2.40. The number of benzene rings is 9. The van der Waals surface area contributed by atoms with Gasteiger partial charge in [-0.3, -0.25) is 0 Å². The van der Waals surface area contributed by atoms with Gasteiger partial charge in [-0.2, -0.15) is 0 Å². The van der Waals surface area contributed by atoms with Gasteiger partial charge in [0.15, 0.2) is 0 Å². The Bertz CT molecular complexity index is 3630. The standard InChI is InChI=1S/C56H39N3/c1-36-14-6-7-17-43(36)44-28-26-41(32-37(44)2)58-53-23-13-10-20-47(53)50-35-42(27-31-56(50)58)59-52-22-12-9-19-46(52)49-34-39(25-30-55(49)59)38-24-29-54-48(33-38)45-18-8-11-21-51(45)57(54)40-15-4-3-5-16-40/h3-35H,1-2H3. The third kappa shape index (κ3) is 5.08. The van der Waals surface area contributed by atoms with Gasteiger partial charge in [-0.25, -0.2) is 0 Å². The quantitative estimate of drug-likeness (QED) is 0.166. The van der Waals surface area contributed by atoms with E-state index in [-0.39, 0.29) is 0 Å². The summed E-state index contributed by atoms with van der Waals surface area (Å²) in [4.78, 5) is 0. The maximum atomic E-state index is 2.44. The Morgan fingerprint density at radius 2 is 0.661 bits per heavy atom. The predicted octanol–water partition coefficient (Wildman–Crippen LogP) is 14.9. The number of aromatic nitrogens is 3. The minimum Gasteiger partial charge on any atom is -0.309 e. The molecule has 0 amide bonds. The van der Waals surface area contributed by atoms with Gasteiger partial charge in [0.05, 0.1) is 33.1 Å². The molecule has 278 valence electrons. The molecule has 0 unspecified atom stereocenters. The van der Waals surface area contributed by atoms with Crippen LogP contribution in [0.5, 0.6) is 0 Å². The lowest BCUT2D eigenvalue weighted by Gasteiger charge is -2.14. The summed E-state index contributed by atoms with van der Waals surface area (Å²) < 4.78 is 7.25. The first-order chi connectivity index (χ1) is 29.1. The van der Waals surface area contributed by atoms with Crippen LogP contribution in [0.4, 0.5) is 0 Å². The normalized spacial score (nSPS) is 11.9. The smallest absolute Gasteiger partial charge is 0.0542 e. The summed E-state index contributed by atoms with van der Waals surface area (Å²) in [7, 11) is 0. The molecular formula is C56H39N3. The Morgan fingerprint density at radius 3 is 1.22 bits per heavy atom. The van der Waals surface area contributed by atoms with Crippen molar-refractivity contribution in [2.75, 3.05) is 0 Å². The highest BCUT2D eigenvalue weighted by atomic mass is 15.0. The predicted molar refractivity (Wildman–Crippen MR) is 250 cm³/mol. The van der Waals surface area contributed by atoms with Crippen LogP contribution in [-0.4, -0.2) is 13.7 Å². The van der Waals surface area contributed by atoms with Crippen molar-refractivity contribution in [2.24, 2.45) is 0 Å². The zero-order chi connectivity index (χ0) is 39.2. The van der Waals surface area contributed by atoms with Crippen molar-refractivity contribution in [3.8, 4) is 39.3 Å². The van der Waals surface area contributed by atoms with E-state index in [0.29, 0.717) is 0 Å². The molecule has 0 fully saturated rings. The summed E-state index contributed by atoms with van der Waals surface area (Å²) in [6.45, 7) is 4.42.